The van der Waals surface area contributed by atoms with E-state index in [0.29, 0.717) is 18.1 Å². The van der Waals surface area contributed by atoms with Crippen LogP contribution in [-0.2, 0) is 11.2 Å². The monoisotopic (exact) mass is 404 g/mol. The zero-order valence-electron chi connectivity index (χ0n) is 15.6. The van der Waals surface area contributed by atoms with E-state index < -0.39 is 37.3 Å². The van der Waals surface area contributed by atoms with Crippen LogP contribution in [0.5, 0.6) is 17.2 Å². The third-order valence-electron chi connectivity index (χ3n) is 5.41. The average Bonchev–Trinajstić information content (AvgIpc) is 2.74. The van der Waals surface area contributed by atoms with E-state index in [2.05, 4.69) is 0 Å². The van der Waals surface area contributed by atoms with E-state index >= 15 is 0 Å². The van der Waals surface area contributed by atoms with Gasteiger partial charge in [0, 0.05) is 12.0 Å². The van der Waals surface area contributed by atoms with Gasteiger partial charge in [0.25, 0.3) is 0 Å². The lowest BCUT2D eigenvalue weighted by atomic mass is 9.90. The molecule has 2 aliphatic heterocycles. The summed E-state index contributed by atoms with van der Waals surface area (Å²) in [5.74, 6) is 1.44. The first-order valence-corrected chi connectivity index (χ1v) is 9.48. The molecule has 0 saturated carbocycles. The average molecular weight is 404 g/mol. The van der Waals surface area contributed by atoms with Gasteiger partial charge in [0.1, 0.15) is 41.7 Å². The number of benzene rings is 2. The Morgan fingerprint density at radius 1 is 0.966 bits per heavy atom. The molecule has 2 heterocycles. The van der Waals surface area contributed by atoms with Crippen LogP contribution in [-0.4, -0.2) is 69.5 Å². The lowest BCUT2D eigenvalue weighted by molar-refractivity contribution is -0.277. The van der Waals surface area contributed by atoms with Gasteiger partial charge in [-0.2, -0.15) is 0 Å². The van der Waals surface area contributed by atoms with Crippen molar-refractivity contribution in [3.8, 4) is 17.2 Å². The summed E-state index contributed by atoms with van der Waals surface area (Å²) < 4.78 is 16.7. The number of rotatable bonds is 4. The van der Waals surface area contributed by atoms with Gasteiger partial charge < -0.3 is 39.7 Å². The minimum atomic E-state index is -1.48. The highest BCUT2D eigenvalue weighted by atomic mass is 16.7. The molecule has 8 heteroatoms. The molecule has 1 fully saturated rings. The van der Waals surface area contributed by atoms with Crippen LogP contribution in [0.3, 0.4) is 0 Å². The van der Waals surface area contributed by atoms with Crippen LogP contribution in [0.2, 0.25) is 0 Å². The van der Waals surface area contributed by atoms with E-state index in [1.165, 1.54) is 0 Å². The first kappa shape index (κ1) is 19.9. The fraction of sp³-hybridized carbons (Fsp3) is 0.429. The van der Waals surface area contributed by atoms with Gasteiger partial charge in [0.15, 0.2) is 0 Å². The van der Waals surface area contributed by atoms with Crippen LogP contribution in [0.4, 0.5) is 0 Å². The molecule has 0 amide bonds. The Kier molecular flexibility index (Phi) is 5.62. The zero-order chi connectivity index (χ0) is 20.5. The lowest BCUT2D eigenvalue weighted by Gasteiger charge is -2.39. The highest BCUT2D eigenvalue weighted by Crippen LogP contribution is 2.35. The summed E-state index contributed by atoms with van der Waals surface area (Å²) in [5, 5.41) is 48.6. The number of ether oxygens (including phenoxy) is 3. The van der Waals surface area contributed by atoms with E-state index in [-0.39, 0.29) is 11.7 Å². The summed E-state index contributed by atoms with van der Waals surface area (Å²) in [5.41, 5.74) is 2.07. The third kappa shape index (κ3) is 4.03. The van der Waals surface area contributed by atoms with Gasteiger partial charge in [-0.15, -0.1) is 0 Å². The molecule has 0 aliphatic carbocycles. The van der Waals surface area contributed by atoms with Crippen LogP contribution >= 0.6 is 0 Å². The molecule has 2 aromatic rings. The second-order valence-electron chi connectivity index (χ2n) is 7.39. The Labute approximate surface area is 167 Å². The standard InChI is InChI=1S/C21H24O8/c22-9-17-18(24)19(25)20(26)21(29-17)28-15-5-2-11(3-6-15)13-7-12-1-4-14(23)8-16(12)27-10-13/h1-6,8,13,17-26H,7,9-10H2/t13-,17-,18-,19+,20-,21?/m1/s1. The van der Waals surface area contributed by atoms with Crippen LogP contribution in [0.25, 0.3) is 0 Å². The number of fused-ring (bicyclic) bond motifs is 1. The van der Waals surface area contributed by atoms with E-state index in [1.807, 2.05) is 18.2 Å². The van der Waals surface area contributed by atoms with Crippen LogP contribution in [0.1, 0.15) is 17.0 Å². The summed E-state index contributed by atoms with van der Waals surface area (Å²) in [6.45, 7) is -0.0198. The van der Waals surface area contributed by atoms with Crippen LogP contribution in [0.15, 0.2) is 42.5 Å². The Balaban J connectivity index is 1.42. The fourth-order valence-electron chi connectivity index (χ4n) is 3.69. The second-order valence-corrected chi connectivity index (χ2v) is 7.39. The molecule has 1 saturated heterocycles. The molecule has 0 aromatic heterocycles. The maximum absolute atomic E-state index is 10.1. The van der Waals surface area contributed by atoms with Crippen molar-refractivity contribution in [1.82, 2.24) is 0 Å². The molecule has 8 nitrogen and oxygen atoms in total. The summed E-state index contributed by atoms with van der Waals surface area (Å²) >= 11 is 0. The third-order valence-corrected chi connectivity index (χ3v) is 5.41. The highest BCUT2D eigenvalue weighted by Gasteiger charge is 2.44. The van der Waals surface area contributed by atoms with Crippen molar-refractivity contribution < 1.29 is 39.7 Å². The summed E-state index contributed by atoms with van der Waals surface area (Å²) in [7, 11) is 0. The maximum Gasteiger partial charge on any atom is 0.229 e. The molecule has 5 N–H and O–H groups in total. The second kappa shape index (κ2) is 8.17. The number of aliphatic hydroxyl groups excluding tert-OH is 4. The van der Waals surface area contributed by atoms with Crippen LogP contribution in [0, 0.1) is 0 Å². The molecule has 2 aromatic carbocycles. The van der Waals surface area contributed by atoms with Gasteiger partial charge in [-0.05, 0) is 35.7 Å². The minimum Gasteiger partial charge on any atom is -0.508 e. The quantitative estimate of drug-likeness (QED) is 0.492. The number of hydrogen-bond donors (Lipinski definition) is 5. The Hall–Kier alpha value is -2.36. The topological polar surface area (TPSA) is 129 Å². The van der Waals surface area contributed by atoms with Crippen molar-refractivity contribution in [1.29, 1.82) is 0 Å². The largest absolute Gasteiger partial charge is 0.508 e. The van der Waals surface area contributed by atoms with Gasteiger partial charge in [-0.1, -0.05) is 18.2 Å². The van der Waals surface area contributed by atoms with E-state index in [1.54, 1.807) is 24.3 Å². The number of aliphatic hydroxyl groups is 4. The number of aromatic hydroxyl groups is 1. The van der Waals surface area contributed by atoms with Crippen molar-refractivity contribution >= 4 is 0 Å². The predicted molar refractivity (Wildman–Crippen MR) is 101 cm³/mol. The van der Waals surface area contributed by atoms with Crippen molar-refractivity contribution in [3.63, 3.8) is 0 Å². The predicted octanol–water partition coefficient (Wildman–Crippen LogP) is 0.290. The molecule has 1 unspecified atom stereocenters. The van der Waals surface area contributed by atoms with Gasteiger partial charge in [-0.3, -0.25) is 0 Å². The number of phenolic OH excluding ortho intramolecular Hbond substituents is 1. The normalized spacial score (nSPS) is 31.6. The summed E-state index contributed by atoms with van der Waals surface area (Å²) in [4.78, 5) is 0. The molecule has 156 valence electrons. The maximum atomic E-state index is 10.1. The van der Waals surface area contributed by atoms with Crippen molar-refractivity contribution in [2.45, 2.75) is 43.0 Å². The molecule has 2 aliphatic rings. The summed E-state index contributed by atoms with van der Waals surface area (Å²) in [6, 6.07) is 12.3. The molecule has 4 rings (SSSR count). The van der Waals surface area contributed by atoms with E-state index in [9.17, 15) is 25.5 Å². The Morgan fingerprint density at radius 2 is 1.72 bits per heavy atom. The molecule has 0 spiro atoms. The van der Waals surface area contributed by atoms with Crippen molar-refractivity contribution in [2.24, 2.45) is 0 Å². The molecular formula is C21H24O8. The fourth-order valence-corrected chi connectivity index (χ4v) is 3.69. The highest BCUT2D eigenvalue weighted by molar-refractivity contribution is 5.43. The smallest absolute Gasteiger partial charge is 0.229 e. The van der Waals surface area contributed by atoms with E-state index in [4.69, 9.17) is 14.2 Å². The van der Waals surface area contributed by atoms with Gasteiger partial charge >= 0.3 is 0 Å². The van der Waals surface area contributed by atoms with Crippen molar-refractivity contribution in [2.75, 3.05) is 13.2 Å². The van der Waals surface area contributed by atoms with Crippen molar-refractivity contribution in [3.05, 3.63) is 53.6 Å². The first-order chi connectivity index (χ1) is 14.0. The Bertz CT molecular complexity index is 837. The molecule has 29 heavy (non-hydrogen) atoms. The Morgan fingerprint density at radius 3 is 2.45 bits per heavy atom. The van der Waals surface area contributed by atoms with Gasteiger partial charge in [0.2, 0.25) is 6.29 Å². The zero-order valence-corrected chi connectivity index (χ0v) is 15.6. The molecule has 6 atom stereocenters. The molecule has 0 bridgehead atoms. The lowest BCUT2D eigenvalue weighted by Crippen LogP contribution is -2.60. The summed E-state index contributed by atoms with van der Waals surface area (Å²) in [6.07, 6.45) is -5.81. The SMILES string of the molecule is OC[C@H]1OC(Oc2ccc([C@H]3COc4cc(O)ccc4C3)cc2)[C@H](O)[C@@H](O)[C@@H]1O. The minimum absolute atomic E-state index is 0.147. The van der Waals surface area contributed by atoms with Gasteiger partial charge in [0.05, 0.1) is 13.2 Å². The molecule has 0 radical (unpaired) electrons. The van der Waals surface area contributed by atoms with Gasteiger partial charge in [-0.25, -0.2) is 0 Å². The number of hydrogen-bond acceptors (Lipinski definition) is 8. The van der Waals surface area contributed by atoms with E-state index in [0.717, 1.165) is 17.5 Å². The molecular weight excluding hydrogens is 380 g/mol. The first-order valence-electron chi connectivity index (χ1n) is 9.48. The number of phenols is 1. The van der Waals surface area contributed by atoms with Crippen LogP contribution < -0.4 is 9.47 Å².